The molecule has 0 unspecified atom stereocenters. The molecule has 0 radical (unpaired) electrons. The van der Waals surface area contributed by atoms with E-state index in [0.29, 0.717) is 6.42 Å². The van der Waals surface area contributed by atoms with Crippen LogP contribution in [-0.2, 0) is 9.53 Å². The molecule has 0 spiro atoms. The fraction of sp³-hybridized carbons (Fsp3) is 0.462. The van der Waals surface area contributed by atoms with Gasteiger partial charge in [0, 0.05) is 24.7 Å². The number of anilines is 2. The second-order valence-corrected chi connectivity index (χ2v) is 4.55. The average Bonchev–Trinajstić information content (AvgIpc) is 2.71. The number of hydrogen-bond acceptors (Lipinski definition) is 5. The third kappa shape index (κ3) is 3.66. The van der Waals surface area contributed by atoms with Gasteiger partial charge in [-0.15, -0.1) is 0 Å². The summed E-state index contributed by atoms with van der Waals surface area (Å²) in [5, 5.41) is 24.4. The van der Waals surface area contributed by atoms with Crippen LogP contribution >= 0.6 is 0 Å². The van der Waals surface area contributed by atoms with Crippen molar-refractivity contribution in [2.75, 3.05) is 17.2 Å². The highest BCUT2D eigenvalue weighted by molar-refractivity contribution is 5.88. The summed E-state index contributed by atoms with van der Waals surface area (Å²) in [5.74, 6) is -0.117. The first-order chi connectivity index (χ1) is 9.08. The van der Waals surface area contributed by atoms with E-state index in [2.05, 4.69) is 10.6 Å². The number of aliphatic hydroxyl groups is 2. The van der Waals surface area contributed by atoms with E-state index in [1.54, 1.807) is 12.1 Å². The molecule has 1 aromatic rings. The van der Waals surface area contributed by atoms with Gasteiger partial charge in [0.1, 0.15) is 12.3 Å². The van der Waals surface area contributed by atoms with E-state index in [-0.39, 0.29) is 18.7 Å². The van der Waals surface area contributed by atoms with Gasteiger partial charge in [0.05, 0.1) is 12.7 Å². The van der Waals surface area contributed by atoms with Gasteiger partial charge in [-0.2, -0.15) is 0 Å². The second-order valence-electron chi connectivity index (χ2n) is 4.55. The van der Waals surface area contributed by atoms with Crippen molar-refractivity contribution in [2.45, 2.75) is 31.8 Å². The number of benzene rings is 1. The van der Waals surface area contributed by atoms with Gasteiger partial charge in [-0.25, -0.2) is 0 Å². The Bertz CT molecular complexity index is 435. The molecule has 1 fully saturated rings. The van der Waals surface area contributed by atoms with Crippen molar-refractivity contribution < 1.29 is 19.7 Å². The van der Waals surface area contributed by atoms with E-state index in [0.717, 1.165) is 11.4 Å². The molecule has 1 aliphatic rings. The van der Waals surface area contributed by atoms with Gasteiger partial charge in [-0.05, 0) is 24.3 Å². The van der Waals surface area contributed by atoms with Crippen LogP contribution in [0.1, 0.15) is 13.3 Å². The Morgan fingerprint density at radius 2 is 2.00 bits per heavy atom. The van der Waals surface area contributed by atoms with Crippen LogP contribution in [0.5, 0.6) is 0 Å². The Morgan fingerprint density at radius 3 is 2.53 bits per heavy atom. The fourth-order valence-corrected chi connectivity index (χ4v) is 2.02. The molecule has 19 heavy (non-hydrogen) atoms. The van der Waals surface area contributed by atoms with Crippen molar-refractivity contribution in [3.8, 4) is 0 Å². The molecule has 0 saturated carbocycles. The van der Waals surface area contributed by atoms with Crippen LogP contribution in [0.15, 0.2) is 24.3 Å². The predicted octanol–water partition coefficient (Wildman–Crippen LogP) is 0.525. The van der Waals surface area contributed by atoms with E-state index >= 15 is 0 Å². The number of nitrogens with one attached hydrogen (secondary N) is 2. The second kappa shape index (κ2) is 6.01. The summed E-state index contributed by atoms with van der Waals surface area (Å²) in [6, 6.07) is 7.18. The maximum absolute atomic E-state index is 10.9. The third-order valence-electron chi connectivity index (χ3n) is 2.94. The molecule has 6 nitrogen and oxygen atoms in total. The SMILES string of the molecule is CC(=O)Nc1ccc(N[C@H]2C[C@H](O)[C@@H](CO)O2)cc1. The van der Waals surface area contributed by atoms with Gasteiger partial charge < -0.3 is 25.6 Å². The molecule has 1 saturated heterocycles. The first-order valence-electron chi connectivity index (χ1n) is 6.17. The zero-order valence-electron chi connectivity index (χ0n) is 10.7. The first-order valence-corrected chi connectivity index (χ1v) is 6.17. The Balaban J connectivity index is 1.91. The standard InChI is InChI=1S/C13H18N2O4/c1-8(17)14-9-2-4-10(5-3-9)15-13-6-11(18)12(7-16)19-13/h2-5,11-13,15-16,18H,6-7H2,1H3,(H,14,17)/t11-,12+,13+/m0/s1. The number of carbonyl (C=O) groups is 1. The van der Waals surface area contributed by atoms with Crippen molar-refractivity contribution in [1.29, 1.82) is 0 Å². The summed E-state index contributed by atoms with van der Waals surface area (Å²) < 4.78 is 5.44. The smallest absolute Gasteiger partial charge is 0.221 e. The highest BCUT2D eigenvalue weighted by Crippen LogP contribution is 2.23. The van der Waals surface area contributed by atoms with Crippen LogP contribution < -0.4 is 10.6 Å². The Labute approximate surface area is 111 Å². The molecule has 4 N–H and O–H groups in total. The number of ether oxygens (including phenoxy) is 1. The van der Waals surface area contributed by atoms with E-state index in [1.165, 1.54) is 6.92 Å². The highest BCUT2D eigenvalue weighted by atomic mass is 16.5. The summed E-state index contributed by atoms with van der Waals surface area (Å²) in [6.07, 6.45) is -1.07. The van der Waals surface area contributed by atoms with Crippen molar-refractivity contribution in [3.63, 3.8) is 0 Å². The fourth-order valence-electron chi connectivity index (χ4n) is 2.02. The maximum Gasteiger partial charge on any atom is 0.221 e. The minimum absolute atomic E-state index is 0.117. The quantitative estimate of drug-likeness (QED) is 0.638. The summed E-state index contributed by atoms with van der Waals surface area (Å²) in [6.45, 7) is 1.26. The zero-order chi connectivity index (χ0) is 13.8. The van der Waals surface area contributed by atoms with Crippen molar-refractivity contribution in [1.82, 2.24) is 0 Å². The summed E-state index contributed by atoms with van der Waals surface area (Å²) in [5.41, 5.74) is 1.54. The van der Waals surface area contributed by atoms with Gasteiger partial charge in [-0.1, -0.05) is 0 Å². The molecule has 1 aromatic carbocycles. The number of carbonyl (C=O) groups excluding carboxylic acids is 1. The Kier molecular flexibility index (Phi) is 4.36. The number of hydrogen-bond donors (Lipinski definition) is 4. The molecular weight excluding hydrogens is 248 g/mol. The third-order valence-corrected chi connectivity index (χ3v) is 2.94. The van der Waals surface area contributed by atoms with Crippen LogP contribution in [-0.4, -0.2) is 41.2 Å². The topological polar surface area (TPSA) is 90.8 Å². The minimum atomic E-state index is -0.652. The van der Waals surface area contributed by atoms with Gasteiger partial charge in [0.2, 0.25) is 5.91 Å². The lowest BCUT2D eigenvalue weighted by Crippen LogP contribution is -2.25. The zero-order valence-corrected chi connectivity index (χ0v) is 10.7. The molecule has 1 aliphatic heterocycles. The van der Waals surface area contributed by atoms with Crippen molar-refractivity contribution >= 4 is 17.3 Å². The molecule has 0 aliphatic carbocycles. The number of aliphatic hydroxyl groups excluding tert-OH is 2. The lowest BCUT2D eigenvalue weighted by molar-refractivity contribution is -0.114. The molecule has 1 amide bonds. The average molecular weight is 266 g/mol. The van der Waals surface area contributed by atoms with E-state index in [4.69, 9.17) is 9.84 Å². The molecule has 0 aromatic heterocycles. The van der Waals surface area contributed by atoms with Crippen LogP contribution in [0.2, 0.25) is 0 Å². The summed E-state index contributed by atoms with van der Waals surface area (Å²) in [4.78, 5) is 10.9. The normalized spacial score (nSPS) is 26.2. The van der Waals surface area contributed by atoms with Crippen molar-refractivity contribution in [2.24, 2.45) is 0 Å². The van der Waals surface area contributed by atoms with E-state index in [9.17, 15) is 9.90 Å². The molecule has 0 bridgehead atoms. The Morgan fingerprint density at radius 1 is 1.37 bits per heavy atom. The van der Waals surface area contributed by atoms with Gasteiger partial charge >= 0.3 is 0 Å². The minimum Gasteiger partial charge on any atom is -0.394 e. The number of rotatable bonds is 4. The van der Waals surface area contributed by atoms with Crippen molar-refractivity contribution in [3.05, 3.63) is 24.3 Å². The maximum atomic E-state index is 10.9. The first kappa shape index (κ1) is 13.8. The monoisotopic (exact) mass is 266 g/mol. The number of amides is 1. The molecule has 1 heterocycles. The molecular formula is C13H18N2O4. The van der Waals surface area contributed by atoms with Gasteiger partial charge in [0.15, 0.2) is 0 Å². The van der Waals surface area contributed by atoms with Crippen LogP contribution in [0.4, 0.5) is 11.4 Å². The Hall–Kier alpha value is -1.63. The van der Waals surface area contributed by atoms with E-state index < -0.39 is 12.2 Å². The van der Waals surface area contributed by atoms with Gasteiger partial charge in [0.25, 0.3) is 0 Å². The predicted molar refractivity (Wildman–Crippen MR) is 70.7 cm³/mol. The van der Waals surface area contributed by atoms with E-state index in [1.807, 2.05) is 12.1 Å². The lowest BCUT2D eigenvalue weighted by Gasteiger charge is -2.15. The largest absolute Gasteiger partial charge is 0.394 e. The summed E-state index contributed by atoms with van der Waals surface area (Å²) in [7, 11) is 0. The summed E-state index contributed by atoms with van der Waals surface area (Å²) >= 11 is 0. The van der Waals surface area contributed by atoms with Crippen LogP contribution in [0.25, 0.3) is 0 Å². The molecule has 3 atom stereocenters. The van der Waals surface area contributed by atoms with Crippen LogP contribution in [0, 0.1) is 0 Å². The van der Waals surface area contributed by atoms with Gasteiger partial charge in [-0.3, -0.25) is 4.79 Å². The molecule has 2 rings (SSSR count). The van der Waals surface area contributed by atoms with Crippen LogP contribution in [0.3, 0.4) is 0 Å². The lowest BCUT2D eigenvalue weighted by atomic mass is 10.2. The molecule has 104 valence electrons. The molecule has 6 heteroatoms. The highest BCUT2D eigenvalue weighted by Gasteiger charge is 2.33.